The van der Waals surface area contributed by atoms with Gasteiger partial charge in [-0.25, -0.2) is 4.39 Å². The third-order valence-corrected chi connectivity index (χ3v) is 4.05. The molecule has 5 nitrogen and oxygen atoms in total. The molecule has 6 heteroatoms. The maximum absolute atomic E-state index is 13.0. The Morgan fingerprint density at radius 3 is 2.91 bits per heavy atom. The van der Waals surface area contributed by atoms with Gasteiger partial charge in [0.2, 0.25) is 0 Å². The van der Waals surface area contributed by atoms with Crippen LogP contribution in [0.15, 0.2) is 42.9 Å². The number of nitrogens with zero attached hydrogens (tertiary/aromatic N) is 3. The van der Waals surface area contributed by atoms with Gasteiger partial charge in [-0.1, -0.05) is 0 Å². The van der Waals surface area contributed by atoms with E-state index in [2.05, 4.69) is 14.9 Å². The molecule has 0 saturated carbocycles. The Bertz CT molecular complexity index is 609. The zero-order chi connectivity index (χ0) is 16.1. The van der Waals surface area contributed by atoms with E-state index in [1.54, 1.807) is 25.6 Å². The van der Waals surface area contributed by atoms with Crippen LogP contribution in [0.1, 0.15) is 12.1 Å². The number of ether oxygens (including phenoxy) is 2. The number of hydrogen-bond acceptors (Lipinski definition) is 5. The number of pyridine rings is 2. The van der Waals surface area contributed by atoms with E-state index in [1.807, 2.05) is 12.1 Å². The molecular weight excluding hydrogens is 297 g/mol. The molecule has 1 aliphatic heterocycles. The van der Waals surface area contributed by atoms with Crippen molar-refractivity contribution < 1.29 is 13.9 Å². The molecule has 0 aromatic carbocycles. The monoisotopic (exact) mass is 317 g/mol. The summed E-state index contributed by atoms with van der Waals surface area (Å²) in [7, 11) is 1.73. The second-order valence-electron chi connectivity index (χ2n) is 5.64. The molecule has 3 rings (SSSR count). The fourth-order valence-corrected chi connectivity index (χ4v) is 2.81. The highest BCUT2D eigenvalue weighted by atomic mass is 19.1. The third-order valence-electron chi connectivity index (χ3n) is 4.05. The number of methoxy groups -OCH3 is 1. The largest absolute Gasteiger partial charge is 0.490 e. The van der Waals surface area contributed by atoms with Crippen molar-refractivity contribution in [2.45, 2.75) is 25.1 Å². The van der Waals surface area contributed by atoms with Gasteiger partial charge in [-0.2, -0.15) is 0 Å². The molecule has 0 bridgehead atoms. The van der Waals surface area contributed by atoms with Crippen LogP contribution in [0, 0.1) is 5.82 Å². The maximum atomic E-state index is 13.0. The van der Waals surface area contributed by atoms with Crippen LogP contribution in [0.4, 0.5) is 4.39 Å². The summed E-state index contributed by atoms with van der Waals surface area (Å²) in [5.41, 5.74) is 0.842. The van der Waals surface area contributed by atoms with Crippen LogP contribution in [0.25, 0.3) is 0 Å². The highest BCUT2D eigenvalue weighted by Crippen LogP contribution is 2.23. The van der Waals surface area contributed by atoms with E-state index in [4.69, 9.17) is 9.47 Å². The second kappa shape index (κ2) is 7.48. The third kappa shape index (κ3) is 4.24. The first kappa shape index (κ1) is 15.8. The Kier molecular flexibility index (Phi) is 5.15. The lowest BCUT2D eigenvalue weighted by atomic mass is 10.2. The highest BCUT2D eigenvalue weighted by Gasteiger charge is 2.32. The lowest BCUT2D eigenvalue weighted by Gasteiger charge is -2.23. The van der Waals surface area contributed by atoms with Gasteiger partial charge in [-0.15, -0.1) is 0 Å². The molecule has 2 aromatic heterocycles. The molecule has 0 radical (unpaired) electrons. The summed E-state index contributed by atoms with van der Waals surface area (Å²) in [5, 5.41) is 0. The maximum Gasteiger partial charge on any atom is 0.141 e. The Morgan fingerprint density at radius 2 is 2.22 bits per heavy atom. The van der Waals surface area contributed by atoms with Gasteiger partial charge in [0.05, 0.1) is 24.2 Å². The van der Waals surface area contributed by atoms with Crippen molar-refractivity contribution in [3.8, 4) is 5.75 Å². The van der Waals surface area contributed by atoms with E-state index >= 15 is 0 Å². The summed E-state index contributed by atoms with van der Waals surface area (Å²) in [6, 6.07) is 7.12. The highest BCUT2D eigenvalue weighted by molar-refractivity contribution is 5.15. The van der Waals surface area contributed by atoms with E-state index in [1.165, 1.54) is 12.3 Å². The molecule has 122 valence electrons. The van der Waals surface area contributed by atoms with Crippen LogP contribution < -0.4 is 4.74 Å². The Hall–Kier alpha value is -2.05. The van der Waals surface area contributed by atoms with E-state index in [0.29, 0.717) is 13.2 Å². The molecule has 23 heavy (non-hydrogen) atoms. The molecular formula is C17H20FN3O2. The van der Waals surface area contributed by atoms with Crippen molar-refractivity contribution >= 4 is 0 Å². The molecule has 0 spiro atoms. The summed E-state index contributed by atoms with van der Waals surface area (Å²) < 4.78 is 24.3. The normalized spacial score (nSPS) is 21.5. The fraction of sp³-hybridized carbons (Fsp3) is 0.412. The van der Waals surface area contributed by atoms with Gasteiger partial charge < -0.3 is 9.47 Å². The van der Waals surface area contributed by atoms with E-state index < -0.39 is 0 Å². The van der Waals surface area contributed by atoms with Crippen LogP contribution >= 0.6 is 0 Å². The van der Waals surface area contributed by atoms with Gasteiger partial charge in [-0.05, 0) is 30.7 Å². The lowest BCUT2D eigenvalue weighted by Crippen LogP contribution is -2.34. The number of likely N-dealkylation sites (tertiary alicyclic amines) is 1. The van der Waals surface area contributed by atoms with Crippen molar-refractivity contribution in [3.05, 3.63) is 54.4 Å². The van der Waals surface area contributed by atoms with Crippen molar-refractivity contribution in [2.75, 3.05) is 20.3 Å². The average molecular weight is 317 g/mol. The van der Waals surface area contributed by atoms with Crippen molar-refractivity contribution in [3.63, 3.8) is 0 Å². The van der Waals surface area contributed by atoms with Gasteiger partial charge in [-0.3, -0.25) is 14.9 Å². The van der Waals surface area contributed by atoms with Gasteiger partial charge in [0.1, 0.15) is 18.2 Å². The molecule has 2 aromatic rings. The van der Waals surface area contributed by atoms with Crippen LogP contribution in [-0.4, -0.2) is 47.3 Å². The summed E-state index contributed by atoms with van der Waals surface area (Å²) >= 11 is 0. The van der Waals surface area contributed by atoms with Crippen LogP contribution in [0.2, 0.25) is 0 Å². The summed E-state index contributed by atoms with van der Waals surface area (Å²) in [4.78, 5) is 10.5. The van der Waals surface area contributed by atoms with Gasteiger partial charge in [0.25, 0.3) is 0 Å². The Morgan fingerprint density at radius 1 is 1.30 bits per heavy atom. The quantitative estimate of drug-likeness (QED) is 0.818. The van der Waals surface area contributed by atoms with Crippen molar-refractivity contribution in [2.24, 2.45) is 0 Å². The number of aromatic nitrogens is 2. The molecule has 0 amide bonds. The Labute approximate surface area is 135 Å². The van der Waals surface area contributed by atoms with Crippen molar-refractivity contribution in [1.82, 2.24) is 14.9 Å². The predicted octanol–water partition coefficient (Wildman–Crippen LogP) is 2.28. The first-order valence-electron chi connectivity index (χ1n) is 7.64. The first-order valence-corrected chi connectivity index (χ1v) is 7.64. The number of rotatable bonds is 6. The second-order valence-corrected chi connectivity index (χ2v) is 5.64. The molecule has 0 N–H and O–H groups in total. The topological polar surface area (TPSA) is 47.5 Å². The Balaban J connectivity index is 1.62. The number of halogens is 1. The van der Waals surface area contributed by atoms with Gasteiger partial charge in [0.15, 0.2) is 0 Å². The smallest absolute Gasteiger partial charge is 0.141 e. The summed E-state index contributed by atoms with van der Waals surface area (Å²) in [6.45, 7) is 2.03. The van der Waals surface area contributed by atoms with Crippen LogP contribution in [0.3, 0.4) is 0 Å². The first-order chi connectivity index (χ1) is 11.2. The minimum atomic E-state index is -0.318. The van der Waals surface area contributed by atoms with E-state index in [-0.39, 0.29) is 18.0 Å². The average Bonchev–Trinajstić information content (AvgIpc) is 2.98. The van der Waals surface area contributed by atoms with E-state index in [0.717, 1.165) is 24.4 Å². The van der Waals surface area contributed by atoms with Gasteiger partial charge in [0, 0.05) is 32.4 Å². The van der Waals surface area contributed by atoms with Gasteiger partial charge >= 0.3 is 0 Å². The lowest BCUT2D eigenvalue weighted by molar-refractivity contribution is 0.107. The van der Waals surface area contributed by atoms with Crippen LogP contribution in [0.5, 0.6) is 5.75 Å². The predicted molar refractivity (Wildman–Crippen MR) is 83.5 cm³/mol. The molecule has 0 aliphatic carbocycles. The standard InChI is InChI=1S/C17H20FN3O2/c1-22-17-7-15(12-23-16-3-2-6-19-9-16)21(11-17)10-14-5-4-13(18)8-20-14/h2-6,8-9,15,17H,7,10-12H2,1H3/t15-,17+/m0/s1. The molecule has 0 unspecified atom stereocenters. The molecule has 2 atom stereocenters. The zero-order valence-electron chi connectivity index (χ0n) is 13.1. The minimum absolute atomic E-state index is 0.179. The molecule has 1 aliphatic rings. The SMILES string of the molecule is CO[C@@H]1C[C@@H](COc2cccnc2)N(Cc2ccc(F)cn2)C1. The van der Waals surface area contributed by atoms with Crippen molar-refractivity contribution in [1.29, 1.82) is 0 Å². The number of hydrogen-bond donors (Lipinski definition) is 0. The molecule has 3 heterocycles. The van der Waals surface area contributed by atoms with E-state index in [9.17, 15) is 4.39 Å². The molecule has 1 fully saturated rings. The summed E-state index contributed by atoms with van der Waals surface area (Å²) in [6.07, 6.45) is 5.75. The van der Waals surface area contributed by atoms with Crippen LogP contribution in [-0.2, 0) is 11.3 Å². The fourth-order valence-electron chi connectivity index (χ4n) is 2.81. The molecule has 1 saturated heterocycles. The minimum Gasteiger partial charge on any atom is -0.490 e. The summed E-state index contributed by atoms with van der Waals surface area (Å²) in [5.74, 6) is 0.439. The zero-order valence-corrected chi connectivity index (χ0v) is 13.1.